The molecule has 3 atom stereocenters. The number of amides is 6. The summed E-state index contributed by atoms with van der Waals surface area (Å²) in [4.78, 5) is 76.8. The Bertz CT molecular complexity index is 959. The number of carbonyl (C=O) groups excluding carboxylic acids is 6. The summed E-state index contributed by atoms with van der Waals surface area (Å²) in [6.45, 7) is 17.4. The molecule has 0 aromatic heterocycles. The molecular formula is C31H56N6O6. The molecule has 1 aliphatic carbocycles. The average Bonchev–Trinajstić information content (AvgIpc) is 3.42. The maximum absolute atomic E-state index is 13.4. The molecule has 1 heterocycles. The molecule has 3 unspecified atom stereocenters. The Labute approximate surface area is 257 Å². The number of likely N-dealkylation sites (tertiary alicyclic amines) is 1. The summed E-state index contributed by atoms with van der Waals surface area (Å²) in [6, 6.07) is -3.62. The van der Waals surface area contributed by atoms with Crippen LogP contribution in [0.15, 0.2) is 12.7 Å². The second-order valence-corrected chi connectivity index (χ2v) is 12.3. The number of nitrogens with two attached hydrogens (primary N) is 1. The van der Waals surface area contributed by atoms with Crippen LogP contribution in [0.1, 0.15) is 93.4 Å². The lowest BCUT2D eigenvalue weighted by atomic mass is 9.85. The van der Waals surface area contributed by atoms with Gasteiger partial charge in [0.05, 0.1) is 12.6 Å². The molecule has 0 spiro atoms. The predicted octanol–water partition coefficient (Wildman–Crippen LogP) is 2.51. The summed E-state index contributed by atoms with van der Waals surface area (Å²) in [5.74, 6) is -2.34. The highest BCUT2D eigenvalue weighted by molar-refractivity contribution is 6.37. The Kier molecular flexibility index (Phi) is 18.1. The number of hydrogen-bond donors (Lipinski definition) is 4. The Morgan fingerprint density at radius 3 is 2.00 bits per heavy atom. The standard InChI is InChI=1S/C23H38N6O6.C5H10.C3H8/c1-7-11-28(6)16(30)13-25-22(35)27-18(23(3,4)5)21(34)29-12-9-10-15(29)20(33)26-14(8-2)17(31)19(24)32;1-5-3-2-4-5;1-3-2/h7,14-15,18H,1,8-13H2,2-6H3,(H2,24,32)(H,26,33)(H2,25,27,35);5H,2-4H2,1H3;3H2,1-2H3. The van der Waals surface area contributed by atoms with Crippen LogP contribution in [0.4, 0.5) is 4.79 Å². The molecule has 5 N–H and O–H groups in total. The topological polar surface area (TPSA) is 171 Å². The SMILES string of the molecule is C=CCN(C)C(=O)CNC(=O)NC(C(=O)N1CCCC1C(=O)NC(CC)C(=O)C(N)=O)C(C)(C)C.CC1CCC1.CCC. The third-order valence-corrected chi connectivity index (χ3v) is 7.13. The number of Topliss-reactive ketones (excluding diaryl/α,β-unsaturated/α-hetero) is 1. The highest BCUT2D eigenvalue weighted by Crippen LogP contribution is 2.26. The zero-order valence-electron chi connectivity index (χ0n) is 27.6. The van der Waals surface area contributed by atoms with Gasteiger partial charge in [-0.15, -0.1) is 6.58 Å². The Morgan fingerprint density at radius 1 is 1.02 bits per heavy atom. The van der Waals surface area contributed by atoms with Crippen molar-refractivity contribution in [2.45, 2.75) is 112 Å². The number of nitrogens with one attached hydrogen (secondary N) is 3. The molecule has 0 radical (unpaired) electrons. The van der Waals surface area contributed by atoms with E-state index in [0.29, 0.717) is 19.4 Å². The second-order valence-electron chi connectivity index (χ2n) is 12.3. The van der Waals surface area contributed by atoms with E-state index in [1.54, 1.807) is 40.8 Å². The zero-order valence-corrected chi connectivity index (χ0v) is 27.6. The van der Waals surface area contributed by atoms with Gasteiger partial charge in [0.15, 0.2) is 0 Å². The second kappa shape index (κ2) is 19.7. The molecule has 246 valence electrons. The Hall–Kier alpha value is -3.44. The molecule has 1 saturated carbocycles. The average molecular weight is 609 g/mol. The Morgan fingerprint density at radius 2 is 1.58 bits per heavy atom. The quantitative estimate of drug-likeness (QED) is 0.207. The minimum atomic E-state index is -1.14. The molecule has 12 nitrogen and oxygen atoms in total. The van der Waals surface area contributed by atoms with E-state index in [1.807, 2.05) is 0 Å². The molecule has 12 heteroatoms. The number of carbonyl (C=O) groups is 6. The van der Waals surface area contributed by atoms with Gasteiger partial charge in [-0.2, -0.15) is 0 Å². The molecule has 2 fully saturated rings. The number of rotatable bonds is 11. The summed E-state index contributed by atoms with van der Waals surface area (Å²) in [5.41, 5.74) is 4.33. The number of ketones is 1. The number of likely N-dealkylation sites (N-methyl/N-ethyl adjacent to an activating group) is 1. The van der Waals surface area contributed by atoms with Crippen molar-refractivity contribution in [2.24, 2.45) is 17.1 Å². The minimum absolute atomic E-state index is 0.168. The first-order chi connectivity index (χ1) is 20.0. The van der Waals surface area contributed by atoms with Crippen LogP contribution in [-0.2, 0) is 24.0 Å². The summed E-state index contributed by atoms with van der Waals surface area (Å²) in [6.07, 6.45) is 8.35. The molecule has 0 aromatic carbocycles. The number of nitrogens with zero attached hydrogens (tertiary/aromatic N) is 2. The molecule has 1 saturated heterocycles. The lowest BCUT2D eigenvalue weighted by molar-refractivity contribution is -0.143. The fourth-order valence-electron chi connectivity index (χ4n) is 4.29. The lowest BCUT2D eigenvalue weighted by Crippen LogP contribution is -2.60. The molecule has 2 aliphatic rings. The van der Waals surface area contributed by atoms with Gasteiger partial charge in [0, 0.05) is 20.1 Å². The van der Waals surface area contributed by atoms with Crippen LogP contribution in [0.5, 0.6) is 0 Å². The molecule has 0 aromatic rings. The monoisotopic (exact) mass is 608 g/mol. The molecule has 0 bridgehead atoms. The van der Waals surface area contributed by atoms with Gasteiger partial charge in [0.1, 0.15) is 12.1 Å². The van der Waals surface area contributed by atoms with Crippen molar-refractivity contribution in [3.63, 3.8) is 0 Å². The van der Waals surface area contributed by atoms with Crippen molar-refractivity contribution in [1.82, 2.24) is 25.8 Å². The van der Waals surface area contributed by atoms with E-state index in [4.69, 9.17) is 5.73 Å². The summed E-state index contributed by atoms with van der Waals surface area (Å²) in [7, 11) is 1.57. The molecule has 43 heavy (non-hydrogen) atoms. The van der Waals surface area contributed by atoms with Crippen molar-refractivity contribution in [3.8, 4) is 0 Å². The van der Waals surface area contributed by atoms with E-state index in [2.05, 4.69) is 43.3 Å². The number of primary amides is 1. The third-order valence-electron chi connectivity index (χ3n) is 7.13. The molecular weight excluding hydrogens is 552 g/mol. The molecule has 6 amide bonds. The summed E-state index contributed by atoms with van der Waals surface area (Å²) >= 11 is 0. The van der Waals surface area contributed by atoms with Crippen LogP contribution in [0.3, 0.4) is 0 Å². The van der Waals surface area contributed by atoms with Crippen molar-refractivity contribution >= 4 is 35.4 Å². The highest BCUT2D eigenvalue weighted by Gasteiger charge is 2.42. The smallest absolute Gasteiger partial charge is 0.315 e. The minimum Gasteiger partial charge on any atom is -0.363 e. The van der Waals surface area contributed by atoms with E-state index < -0.39 is 53.1 Å². The van der Waals surface area contributed by atoms with Gasteiger partial charge in [-0.1, -0.05) is 80.2 Å². The van der Waals surface area contributed by atoms with Gasteiger partial charge >= 0.3 is 6.03 Å². The molecule has 2 rings (SSSR count). The van der Waals surface area contributed by atoms with Crippen molar-refractivity contribution < 1.29 is 28.8 Å². The number of urea groups is 1. The summed E-state index contributed by atoms with van der Waals surface area (Å²) < 4.78 is 0. The van der Waals surface area contributed by atoms with Crippen molar-refractivity contribution in [2.75, 3.05) is 26.7 Å². The van der Waals surface area contributed by atoms with Crippen LogP contribution in [0.25, 0.3) is 0 Å². The molecule has 1 aliphatic heterocycles. The van der Waals surface area contributed by atoms with E-state index in [-0.39, 0.29) is 25.4 Å². The maximum atomic E-state index is 13.4. The zero-order chi connectivity index (χ0) is 33.3. The summed E-state index contributed by atoms with van der Waals surface area (Å²) in [5, 5.41) is 7.59. The van der Waals surface area contributed by atoms with E-state index in [9.17, 15) is 28.8 Å². The van der Waals surface area contributed by atoms with Crippen LogP contribution in [-0.4, -0.2) is 90.1 Å². The van der Waals surface area contributed by atoms with Gasteiger partial charge in [0.25, 0.3) is 5.91 Å². The fourth-order valence-corrected chi connectivity index (χ4v) is 4.29. The number of hydrogen-bond acceptors (Lipinski definition) is 6. The van der Waals surface area contributed by atoms with Crippen LogP contribution >= 0.6 is 0 Å². The Balaban J connectivity index is 0.00000191. The third kappa shape index (κ3) is 14.1. The van der Waals surface area contributed by atoms with Gasteiger partial charge in [0.2, 0.25) is 23.5 Å². The van der Waals surface area contributed by atoms with Crippen molar-refractivity contribution in [3.05, 3.63) is 12.7 Å². The first-order valence-corrected chi connectivity index (χ1v) is 15.4. The maximum Gasteiger partial charge on any atom is 0.315 e. The van der Waals surface area contributed by atoms with Crippen LogP contribution in [0, 0.1) is 11.3 Å². The lowest BCUT2D eigenvalue weighted by Gasteiger charge is -2.35. The van der Waals surface area contributed by atoms with E-state index >= 15 is 0 Å². The normalized spacial score (nSPS) is 17.3. The van der Waals surface area contributed by atoms with Crippen LogP contribution in [0.2, 0.25) is 0 Å². The van der Waals surface area contributed by atoms with E-state index in [1.165, 1.54) is 35.5 Å². The van der Waals surface area contributed by atoms with Gasteiger partial charge < -0.3 is 31.5 Å². The first-order valence-electron chi connectivity index (χ1n) is 15.4. The van der Waals surface area contributed by atoms with Crippen LogP contribution < -0.4 is 21.7 Å². The fraction of sp³-hybridized carbons (Fsp3) is 0.742. The van der Waals surface area contributed by atoms with Gasteiger partial charge in [-0.3, -0.25) is 24.0 Å². The van der Waals surface area contributed by atoms with Gasteiger partial charge in [-0.25, -0.2) is 4.79 Å². The predicted molar refractivity (Wildman–Crippen MR) is 168 cm³/mol. The largest absolute Gasteiger partial charge is 0.363 e. The van der Waals surface area contributed by atoms with E-state index in [0.717, 1.165) is 5.92 Å². The van der Waals surface area contributed by atoms with Gasteiger partial charge in [-0.05, 0) is 30.6 Å². The first kappa shape index (κ1) is 39.6. The van der Waals surface area contributed by atoms with Crippen molar-refractivity contribution in [1.29, 1.82) is 0 Å². The highest BCUT2D eigenvalue weighted by atomic mass is 16.2.